The van der Waals surface area contributed by atoms with E-state index in [0.29, 0.717) is 16.1 Å². The number of halogens is 1. The van der Waals surface area contributed by atoms with Crippen molar-refractivity contribution in [1.29, 1.82) is 0 Å². The first-order chi connectivity index (χ1) is 7.70. The van der Waals surface area contributed by atoms with Gasteiger partial charge in [0.1, 0.15) is 5.75 Å². The Kier molecular flexibility index (Phi) is 2.92. The average molecular weight is 237 g/mol. The zero-order valence-electron chi connectivity index (χ0n) is 8.51. The minimum absolute atomic E-state index is 0.137. The van der Waals surface area contributed by atoms with Crippen LogP contribution in [0.4, 0.5) is 0 Å². The predicted octanol–water partition coefficient (Wildman–Crippen LogP) is 2.51. The van der Waals surface area contributed by atoms with E-state index in [1.54, 1.807) is 24.5 Å². The number of benzene rings is 1. The Morgan fingerprint density at radius 1 is 1.25 bits per heavy atom. The minimum atomic E-state index is 0.137. The topological polar surface area (TPSA) is 55.2 Å². The van der Waals surface area contributed by atoms with Gasteiger partial charge >= 0.3 is 6.01 Å². The lowest BCUT2D eigenvalue weighted by Crippen LogP contribution is -1.91. The quantitative estimate of drug-likeness (QED) is 0.871. The molecule has 0 bridgehead atoms. The van der Waals surface area contributed by atoms with Gasteiger partial charge in [0, 0.05) is 28.5 Å². The van der Waals surface area contributed by atoms with Crippen LogP contribution in [-0.4, -0.2) is 22.2 Å². The second-order valence-electron chi connectivity index (χ2n) is 3.12. The molecule has 4 nitrogen and oxygen atoms in total. The summed E-state index contributed by atoms with van der Waals surface area (Å²) in [6, 6.07) is 5.08. The molecule has 0 aliphatic heterocycles. The molecular formula is C11H9ClN2O2. The third kappa shape index (κ3) is 2.06. The van der Waals surface area contributed by atoms with Crippen molar-refractivity contribution in [3.63, 3.8) is 0 Å². The number of methoxy groups -OCH3 is 1. The highest BCUT2D eigenvalue weighted by Gasteiger charge is 2.06. The summed E-state index contributed by atoms with van der Waals surface area (Å²) in [6.45, 7) is 0. The van der Waals surface area contributed by atoms with Gasteiger partial charge in [-0.05, 0) is 18.2 Å². The molecule has 0 spiro atoms. The molecule has 0 aliphatic rings. The zero-order chi connectivity index (χ0) is 11.5. The van der Waals surface area contributed by atoms with Crippen molar-refractivity contribution in [3.8, 4) is 22.9 Å². The maximum atomic E-state index is 9.67. The summed E-state index contributed by atoms with van der Waals surface area (Å²) in [7, 11) is 1.49. The van der Waals surface area contributed by atoms with Crippen LogP contribution in [-0.2, 0) is 0 Å². The molecular weight excluding hydrogens is 228 g/mol. The molecule has 0 saturated carbocycles. The number of aromatic hydroxyl groups is 1. The molecule has 1 N–H and O–H groups in total. The van der Waals surface area contributed by atoms with Crippen LogP contribution >= 0.6 is 11.6 Å². The Balaban J connectivity index is 2.45. The van der Waals surface area contributed by atoms with Crippen LogP contribution in [0.25, 0.3) is 11.1 Å². The highest BCUT2D eigenvalue weighted by molar-refractivity contribution is 6.30. The van der Waals surface area contributed by atoms with Crippen LogP contribution in [0.5, 0.6) is 11.8 Å². The monoisotopic (exact) mass is 236 g/mol. The van der Waals surface area contributed by atoms with Gasteiger partial charge in [-0.25, -0.2) is 9.97 Å². The van der Waals surface area contributed by atoms with Gasteiger partial charge in [0.2, 0.25) is 0 Å². The van der Waals surface area contributed by atoms with Gasteiger partial charge in [0.25, 0.3) is 0 Å². The van der Waals surface area contributed by atoms with E-state index < -0.39 is 0 Å². The molecule has 16 heavy (non-hydrogen) atoms. The van der Waals surface area contributed by atoms with Gasteiger partial charge in [-0.15, -0.1) is 0 Å². The summed E-state index contributed by atoms with van der Waals surface area (Å²) < 4.78 is 4.85. The summed E-state index contributed by atoms with van der Waals surface area (Å²) >= 11 is 5.85. The largest absolute Gasteiger partial charge is 0.507 e. The van der Waals surface area contributed by atoms with Crippen LogP contribution in [0.2, 0.25) is 5.02 Å². The van der Waals surface area contributed by atoms with Gasteiger partial charge in [-0.2, -0.15) is 0 Å². The molecule has 1 aromatic heterocycles. The molecule has 0 aliphatic carbocycles. The predicted molar refractivity (Wildman–Crippen MR) is 60.7 cm³/mol. The van der Waals surface area contributed by atoms with E-state index in [4.69, 9.17) is 16.3 Å². The smallest absolute Gasteiger partial charge is 0.316 e. The number of phenolic OH excluding ortho intramolecular Hbond substituents is 1. The summed E-state index contributed by atoms with van der Waals surface area (Å²) in [5.74, 6) is 0.137. The van der Waals surface area contributed by atoms with Gasteiger partial charge in [-0.3, -0.25) is 0 Å². The molecule has 0 amide bonds. The van der Waals surface area contributed by atoms with Crippen molar-refractivity contribution in [2.45, 2.75) is 0 Å². The summed E-state index contributed by atoms with van der Waals surface area (Å²) in [4.78, 5) is 7.91. The number of rotatable bonds is 2. The van der Waals surface area contributed by atoms with Gasteiger partial charge in [-0.1, -0.05) is 11.6 Å². The molecule has 1 heterocycles. The molecule has 0 unspecified atom stereocenters. The third-order valence-electron chi connectivity index (χ3n) is 2.08. The highest BCUT2D eigenvalue weighted by Crippen LogP contribution is 2.30. The Labute approximate surface area is 97.5 Å². The molecule has 5 heteroatoms. The Hall–Kier alpha value is -1.81. The fourth-order valence-electron chi connectivity index (χ4n) is 1.30. The van der Waals surface area contributed by atoms with E-state index in [0.717, 1.165) is 0 Å². The first-order valence-corrected chi connectivity index (χ1v) is 4.93. The molecule has 2 rings (SSSR count). The van der Waals surface area contributed by atoms with E-state index in [-0.39, 0.29) is 11.8 Å². The zero-order valence-corrected chi connectivity index (χ0v) is 9.27. The first kappa shape index (κ1) is 10.7. The lowest BCUT2D eigenvalue weighted by molar-refractivity contribution is 0.380. The number of hydrogen-bond donors (Lipinski definition) is 1. The Morgan fingerprint density at radius 3 is 2.56 bits per heavy atom. The molecule has 0 fully saturated rings. The van der Waals surface area contributed by atoms with Gasteiger partial charge in [0.05, 0.1) is 7.11 Å². The van der Waals surface area contributed by atoms with Gasteiger partial charge in [0.15, 0.2) is 0 Å². The number of ether oxygens (including phenoxy) is 1. The second kappa shape index (κ2) is 4.37. The summed E-state index contributed by atoms with van der Waals surface area (Å²) in [5.41, 5.74) is 1.27. The molecule has 0 saturated heterocycles. The summed E-state index contributed by atoms with van der Waals surface area (Å²) in [5, 5.41) is 10.2. The van der Waals surface area contributed by atoms with Gasteiger partial charge < -0.3 is 9.84 Å². The maximum Gasteiger partial charge on any atom is 0.316 e. The fourth-order valence-corrected chi connectivity index (χ4v) is 1.47. The maximum absolute atomic E-state index is 9.67. The molecule has 0 radical (unpaired) electrons. The minimum Gasteiger partial charge on any atom is -0.507 e. The summed E-state index contributed by atoms with van der Waals surface area (Å²) in [6.07, 6.45) is 3.13. The van der Waals surface area contributed by atoms with Crippen LogP contribution in [0.3, 0.4) is 0 Å². The van der Waals surface area contributed by atoms with Crippen molar-refractivity contribution in [3.05, 3.63) is 35.6 Å². The van der Waals surface area contributed by atoms with Crippen LogP contribution < -0.4 is 4.74 Å². The average Bonchev–Trinajstić information content (AvgIpc) is 2.32. The Bertz CT molecular complexity index is 500. The highest BCUT2D eigenvalue weighted by atomic mass is 35.5. The lowest BCUT2D eigenvalue weighted by Gasteiger charge is -2.05. The van der Waals surface area contributed by atoms with E-state index >= 15 is 0 Å². The molecule has 2 aromatic rings. The standard InChI is InChI=1S/C11H9ClN2O2/c1-16-11-13-5-7(6-14-11)9-4-8(12)2-3-10(9)15/h2-6,15H,1H3. The van der Waals surface area contributed by atoms with E-state index in [2.05, 4.69) is 9.97 Å². The number of aromatic nitrogens is 2. The van der Waals surface area contributed by atoms with Crippen molar-refractivity contribution in [2.24, 2.45) is 0 Å². The number of hydrogen-bond acceptors (Lipinski definition) is 4. The molecule has 1 aromatic carbocycles. The molecule has 0 atom stereocenters. The Morgan fingerprint density at radius 2 is 1.94 bits per heavy atom. The van der Waals surface area contributed by atoms with Crippen LogP contribution in [0.15, 0.2) is 30.6 Å². The van der Waals surface area contributed by atoms with Crippen molar-refractivity contribution in [2.75, 3.05) is 7.11 Å². The first-order valence-electron chi connectivity index (χ1n) is 4.55. The van der Waals surface area contributed by atoms with E-state index in [9.17, 15) is 5.11 Å². The number of nitrogens with zero attached hydrogens (tertiary/aromatic N) is 2. The van der Waals surface area contributed by atoms with Crippen LogP contribution in [0, 0.1) is 0 Å². The van der Waals surface area contributed by atoms with E-state index in [1.807, 2.05) is 0 Å². The van der Waals surface area contributed by atoms with Crippen molar-refractivity contribution >= 4 is 11.6 Å². The number of phenols is 1. The third-order valence-corrected chi connectivity index (χ3v) is 2.32. The second-order valence-corrected chi connectivity index (χ2v) is 3.56. The molecule has 82 valence electrons. The van der Waals surface area contributed by atoms with E-state index in [1.165, 1.54) is 13.2 Å². The fraction of sp³-hybridized carbons (Fsp3) is 0.0909. The normalized spacial score (nSPS) is 10.1. The SMILES string of the molecule is COc1ncc(-c2cc(Cl)ccc2O)cn1. The van der Waals surface area contributed by atoms with Crippen molar-refractivity contribution in [1.82, 2.24) is 9.97 Å². The lowest BCUT2D eigenvalue weighted by atomic mass is 10.1. The van der Waals surface area contributed by atoms with Crippen LogP contribution in [0.1, 0.15) is 0 Å². The van der Waals surface area contributed by atoms with Crippen molar-refractivity contribution < 1.29 is 9.84 Å².